The van der Waals surface area contributed by atoms with Gasteiger partial charge in [0.05, 0.1) is 6.10 Å². The summed E-state index contributed by atoms with van der Waals surface area (Å²) >= 11 is 7.08. The van der Waals surface area contributed by atoms with Gasteiger partial charge in [-0.1, -0.05) is 44.0 Å². The minimum Gasteiger partial charge on any atom is -0.373 e. The molecule has 0 radical (unpaired) electrons. The molecule has 0 saturated carbocycles. The Bertz CT molecular complexity index is 297. The maximum atomic E-state index is 5.73. The third-order valence-electron chi connectivity index (χ3n) is 2.46. The fraction of sp³-hybridized carbons (Fsp3) is 0.455. The van der Waals surface area contributed by atoms with Crippen LogP contribution in [0.25, 0.3) is 0 Å². The van der Waals surface area contributed by atoms with E-state index >= 15 is 0 Å². The minimum atomic E-state index is 0.265. The summed E-state index contributed by atoms with van der Waals surface area (Å²) < 4.78 is 6.85. The monoisotopic (exact) mass is 318 g/mol. The van der Waals surface area contributed by atoms with Crippen molar-refractivity contribution in [2.75, 3.05) is 6.61 Å². The molecule has 1 fully saturated rings. The summed E-state index contributed by atoms with van der Waals surface area (Å²) in [4.78, 5) is 0.602. The highest BCUT2D eigenvalue weighted by atomic mass is 79.9. The number of benzene rings is 1. The summed E-state index contributed by atoms with van der Waals surface area (Å²) in [5.41, 5.74) is 1.28. The van der Waals surface area contributed by atoms with Crippen molar-refractivity contribution in [3.05, 3.63) is 34.3 Å². The van der Waals surface area contributed by atoms with Crippen molar-refractivity contribution in [3.63, 3.8) is 0 Å². The van der Waals surface area contributed by atoms with Crippen LogP contribution in [0.5, 0.6) is 0 Å². The van der Waals surface area contributed by atoms with Gasteiger partial charge < -0.3 is 4.74 Å². The van der Waals surface area contributed by atoms with E-state index in [4.69, 9.17) is 4.74 Å². The zero-order valence-electron chi connectivity index (χ0n) is 7.75. The van der Waals surface area contributed by atoms with Crippen molar-refractivity contribution in [1.82, 2.24) is 0 Å². The predicted molar refractivity (Wildman–Crippen MR) is 64.8 cm³/mol. The Morgan fingerprint density at radius 3 is 2.57 bits per heavy atom. The molecule has 0 aliphatic carbocycles. The average molecular weight is 320 g/mol. The number of ether oxygens (including phenoxy) is 1. The highest BCUT2D eigenvalue weighted by Gasteiger charge is 2.21. The standard InChI is InChI=1S/C11H12Br2O/c12-9-3-1-8(2-4-9)11-7-10(13)5-6-14-11/h1-4,10-11H,5-7H2/t10-,11+/m1/s1. The second-order valence-electron chi connectivity index (χ2n) is 3.53. The van der Waals surface area contributed by atoms with E-state index in [1.165, 1.54) is 5.56 Å². The Hall–Kier alpha value is 0.140. The Balaban J connectivity index is 2.10. The van der Waals surface area contributed by atoms with Crippen LogP contribution in [0.2, 0.25) is 0 Å². The van der Waals surface area contributed by atoms with Crippen molar-refractivity contribution in [3.8, 4) is 0 Å². The molecule has 1 aliphatic heterocycles. The minimum absolute atomic E-state index is 0.265. The molecule has 2 atom stereocenters. The van der Waals surface area contributed by atoms with Crippen LogP contribution in [0, 0.1) is 0 Å². The second kappa shape index (κ2) is 4.77. The topological polar surface area (TPSA) is 9.23 Å². The number of rotatable bonds is 1. The molecule has 0 bridgehead atoms. The van der Waals surface area contributed by atoms with Crippen LogP contribution >= 0.6 is 31.9 Å². The Morgan fingerprint density at radius 1 is 1.21 bits per heavy atom. The van der Waals surface area contributed by atoms with Gasteiger partial charge in [0.1, 0.15) is 0 Å². The maximum absolute atomic E-state index is 5.73. The van der Waals surface area contributed by atoms with Crippen LogP contribution < -0.4 is 0 Å². The van der Waals surface area contributed by atoms with Crippen LogP contribution in [-0.2, 0) is 4.74 Å². The molecule has 1 aromatic rings. The summed E-state index contributed by atoms with van der Waals surface area (Å²) in [5.74, 6) is 0. The van der Waals surface area contributed by atoms with Crippen molar-refractivity contribution < 1.29 is 4.74 Å². The average Bonchev–Trinajstić information content (AvgIpc) is 2.19. The van der Waals surface area contributed by atoms with Gasteiger partial charge in [-0.3, -0.25) is 0 Å². The van der Waals surface area contributed by atoms with E-state index in [1.54, 1.807) is 0 Å². The van der Waals surface area contributed by atoms with Gasteiger partial charge in [-0.15, -0.1) is 0 Å². The maximum Gasteiger partial charge on any atom is 0.0835 e. The van der Waals surface area contributed by atoms with Crippen LogP contribution in [0.4, 0.5) is 0 Å². The van der Waals surface area contributed by atoms with Crippen molar-refractivity contribution in [2.45, 2.75) is 23.8 Å². The van der Waals surface area contributed by atoms with Crippen LogP contribution in [0.3, 0.4) is 0 Å². The van der Waals surface area contributed by atoms with E-state index < -0.39 is 0 Å². The molecular weight excluding hydrogens is 308 g/mol. The summed E-state index contributed by atoms with van der Waals surface area (Å²) in [7, 11) is 0. The highest BCUT2D eigenvalue weighted by molar-refractivity contribution is 9.10. The molecule has 0 spiro atoms. The fourth-order valence-corrected chi connectivity index (χ4v) is 2.46. The number of hydrogen-bond acceptors (Lipinski definition) is 1. The quantitative estimate of drug-likeness (QED) is 0.709. The molecular formula is C11H12Br2O. The fourth-order valence-electron chi connectivity index (χ4n) is 1.67. The van der Waals surface area contributed by atoms with Gasteiger partial charge in [0, 0.05) is 15.9 Å². The molecule has 1 nitrogen and oxygen atoms in total. The summed E-state index contributed by atoms with van der Waals surface area (Å²) in [5, 5.41) is 0. The normalized spacial score (nSPS) is 27.6. The lowest BCUT2D eigenvalue weighted by Crippen LogP contribution is -2.19. The SMILES string of the molecule is Brc1ccc([C@@H]2C[C@H](Br)CCO2)cc1. The number of halogens is 2. The Morgan fingerprint density at radius 2 is 1.93 bits per heavy atom. The molecule has 0 unspecified atom stereocenters. The third kappa shape index (κ3) is 2.59. The van der Waals surface area contributed by atoms with Crippen LogP contribution in [0.15, 0.2) is 28.7 Å². The van der Waals surface area contributed by atoms with Crippen LogP contribution in [0.1, 0.15) is 24.5 Å². The molecule has 0 amide bonds. The molecule has 0 N–H and O–H groups in total. The molecule has 0 aromatic heterocycles. The molecule has 76 valence electrons. The first-order valence-corrected chi connectivity index (χ1v) is 6.48. The van der Waals surface area contributed by atoms with E-state index in [2.05, 4.69) is 56.1 Å². The van der Waals surface area contributed by atoms with Gasteiger partial charge in [0.2, 0.25) is 0 Å². The van der Waals surface area contributed by atoms with Gasteiger partial charge in [0.15, 0.2) is 0 Å². The second-order valence-corrected chi connectivity index (χ2v) is 5.74. The third-order valence-corrected chi connectivity index (χ3v) is 3.82. The van der Waals surface area contributed by atoms with Crippen LogP contribution in [-0.4, -0.2) is 11.4 Å². The van der Waals surface area contributed by atoms with Gasteiger partial charge >= 0.3 is 0 Å². The zero-order chi connectivity index (χ0) is 9.97. The summed E-state index contributed by atoms with van der Waals surface area (Å²) in [6.45, 7) is 0.858. The van der Waals surface area contributed by atoms with E-state index in [1.807, 2.05) is 0 Å². The molecule has 1 heterocycles. The number of alkyl halides is 1. The molecule has 1 aliphatic rings. The largest absolute Gasteiger partial charge is 0.373 e. The Labute approximate surface area is 101 Å². The first kappa shape index (κ1) is 10.7. The lowest BCUT2D eigenvalue weighted by molar-refractivity contribution is 0.0187. The van der Waals surface area contributed by atoms with Gasteiger partial charge in [0.25, 0.3) is 0 Å². The van der Waals surface area contributed by atoms with Gasteiger partial charge in [-0.25, -0.2) is 0 Å². The van der Waals surface area contributed by atoms with Crippen molar-refractivity contribution in [2.24, 2.45) is 0 Å². The van der Waals surface area contributed by atoms with Crippen molar-refractivity contribution in [1.29, 1.82) is 0 Å². The molecule has 2 rings (SSSR count). The first-order valence-electron chi connectivity index (χ1n) is 4.77. The van der Waals surface area contributed by atoms with E-state index in [0.717, 1.165) is 23.9 Å². The van der Waals surface area contributed by atoms with Gasteiger partial charge in [-0.2, -0.15) is 0 Å². The first-order chi connectivity index (χ1) is 6.75. The molecule has 3 heteroatoms. The lowest BCUT2D eigenvalue weighted by Gasteiger charge is -2.26. The highest BCUT2D eigenvalue weighted by Crippen LogP contribution is 2.31. The number of hydrogen-bond donors (Lipinski definition) is 0. The predicted octanol–water partition coefficient (Wildman–Crippen LogP) is 4.06. The summed E-state index contributed by atoms with van der Waals surface area (Å²) in [6.07, 6.45) is 2.45. The molecule has 1 saturated heterocycles. The Kier molecular flexibility index (Phi) is 3.63. The van der Waals surface area contributed by atoms with E-state index in [-0.39, 0.29) is 6.10 Å². The van der Waals surface area contributed by atoms with Crippen molar-refractivity contribution >= 4 is 31.9 Å². The molecule has 1 aromatic carbocycles. The molecule has 14 heavy (non-hydrogen) atoms. The smallest absolute Gasteiger partial charge is 0.0835 e. The van der Waals surface area contributed by atoms with E-state index in [9.17, 15) is 0 Å². The van der Waals surface area contributed by atoms with Gasteiger partial charge in [-0.05, 0) is 30.5 Å². The summed E-state index contributed by atoms with van der Waals surface area (Å²) in [6, 6.07) is 8.38. The van der Waals surface area contributed by atoms with E-state index in [0.29, 0.717) is 4.83 Å². The zero-order valence-corrected chi connectivity index (χ0v) is 10.9. The lowest BCUT2D eigenvalue weighted by atomic mass is 10.0.